The Bertz CT molecular complexity index is 1080. The van der Waals surface area contributed by atoms with Gasteiger partial charge in [0.05, 0.1) is 12.2 Å². The molecule has 4 fully saturated rings. The van der Waals surface area contributed by atoms with Gasteiger partial charge in [-0.1, -0.05) is 0 Å². The number of aromatic nitrogens is 2. The minimum Gasteiger partial charge on any atom is -0.406 e. The molecule has 186 valence electrons. The van der Waals surface area contributed by atoms with Gasteiger partial charge in [0.2, 0.25) is 0 Å². The van der Waals surface area contributed by atoms with Crippen LogP contribution in [0.5, 0.6) is 5.75 Å². The van der Waals surface area contributed by atoms with E-state index in [0.717, 1.165) is 53.5 Å². The SMILES string of the molecule is O=C(c1ccc(OC(F)(F)F)cc1)N1CCc2c(ncnc2NCC23CC4CC(CC(C4)C2)C3)C1. The number of anilines is 1. The number of amides is 1. The lowest BCUT2D eigenvalue weighted by molar-refractivity contribution is -0.274. The Hall–Kier alpha value is -2.84. The van der Waals surface area contributed by atoms with Gasteiger partial charge in [-0.25, -0.2) is 9.97 Å². The van der Waals surface area contributed by atoms with Crippen LogP contribution in [0.25, 0.3) is 0 Å². The number of hydrogen-bond donors (Lipinski definition) is 1. The van der Waals surface area contributed by atoms with E-state index in [-0.39, 0.29) is 11.7 Å². The van der Waals surface area contributed by atoms with Crippen molar-refractivity contribution in [1.82, 2.24) is 14.9 Å². The number of nitrogens with zero attached hydrogens (tertiary/aromatic N) is 3. The number of benzene rings is 1. The van der Waals surface area contributed by atoms with Crippen molar-refractivity contribution in [1.29, 1.82) is 0 Å². The molecule has 7 rings (SSSR count). The zero-order valence-corrected chi connectivity index (χ0v) is 19.5. The van der Waals surface area contributed by atoms with Crippen LogP contribution in [0.1, 0.15) is 60.1 Å². The summed E-state index contributed by atoms with van der Waals surface area (Å²) < 4.78 is 41.1. The molecule has 2 heterocycles. The number of halogens is 3. The van der Waals surface area contributed by atoms with Gasteiger partial charge in [0.25, 0.3) is 5.91 Å². The molecule has 0 atom stereocenters. The monoisotopic (exact) mass is 486 g/mol. The van der Waals surface area contributed by atoms with Crippen LogP contribution >= 0.6 is 0 Å². The standard InChI is InChI=1S/C26H29F3N4O2/c27-26(28,29)35-20-3-1-19(2-4-20)24(34)33-6-5-21-22(13-33)31-15-32-23(21)30-14-25-10-16-7-17(11-25)9-18(8-16)12-25/h1-4,15-18H,5-14H2,(H,30,31,32). The van der Waals surface area contributed by atoms with Crippen molar-refractivity contribution in [3.8, 4) is 5.75 Å². The average molecular weight is 487 g/mol. The molecule has 9 heteroatoms. The first-order chi connectivity index (χ1) is 16.8. The van der Waals surface area contributed by atoms with Crippen LogP contribution in [0.2, 0.25) is 0 Å². The molecule has 5 aliphatic rings. The molecule has 4 saturated carbocycles. The second-order valence-corrected chi connectivity index (χ2v) is 11.0. The van der Waals surface area contributed by atoms with Crippen LogP contribution < -0.4 is 10.1 Å². The summed E-state index contributed by atoms with van der Waals surface area (Å²) in [6.45, 7) is 1.81. The van der Waals surface area contributed by atoms with Crippen molar-refractivity contribution < 1.29 is 22.7 Å². The van der Waals surface area contributed by atoms with Gasteiger partial charge in [-0.15, -0.1) is 13.2 Å². The number of hydrogen-bond acceptors (Lipinski definition) is 5. The third-order valence-corrected chi connectivity index (χ3v) is 8.42. The maximum absolute atomic E-state index is 13.0. The van der Waals surface area contributed by atoms with E-state index in [4.69, 9.17) is 0 Å². The van der Waals surface area contributed by atoms with Gasteiger partial charge in [0, 0.05) is 24.2 Å². The van der Waals surface area contributed by atoms with Crippen LogP contribution in [-0.2, 0) is 13.0 Å². The summed E-state index contributed by atoms with van der Waals surface area (Å²) in [7, 11) is 0. The minimum absolute atomic E-state index is 0.240. The first kappa shape index (κ1) is 22.6. The zero-order chi connectivity index (χ0) is 24.2. The molecule has 0 saturated heterocycles. The Labute approximate surface area is 202 Å². The fourth-order valence-electron chi connectivity index (χ4n) is 7.44. The van der Waals surface area contributed by atoms with Crippen LogP contribution in [0, 0.1) is 23.2 Å². The Morgan fingerprint density at radius 2 is 1.71 bits per heavy atom. The van der Waals surface area contributed by atoms with Crippen LogP contribution in [-0.4, -0.2) is 40.2 Å². The number of fused-ring (bicyclic) bond motifs is 1. The summed E-state index contributed by atoms with van der Waals surface area (Å²) in [5.74, 6) is 2.99. The van der Waals surface area contributed by atoms with E-state index in [1.54, 1.807) is 11.2 Å². The Morgan fingerprint density at radius 1 is 1.06 bits per heavy atom. The maximum Gasteiger partial charge on any atom is 0.573 e. The second kappa shape index (κ2) is 8.38. The summed E-state index contributed by atoms with van der Waals surface area (Å²) in [6, 6.07) is 5.04. The molecule has 2 aromatic rings. The molecular formula is C26H29F3N4O2. The molecule has 1 N–H and O–H groups in total. The molecule has 1 aromatic heterocycles. The van der Waals surface area contributed by atoms with Crippen molar-refractivity contribution >= 4 is 11.7 Å². The number of ether oxygens (including phenoxy) is 1. The summed E-state index contributed by atoms with van der Waals surface area (Å²) in [4.78, 5) is 23.6. The quantitative estimate of drug-likeness (QED) is 0.629. The highest BCUT2D eigenvalue weighted by Crippen LogP contribution is 2.59. The maximum atomic E-state index is 13.0. The van der Waals surface area contributed by atoms with E-state index < -0.39 is 6.36 Å². The van der Waals surface area contributed by atoms with Gasteiger partial charge in [0.15, 0.2) is 0 Å². The third kappa shape index (κ3) is 4.57. The highest BCUT2D eigenvalue weighted by molar-refractivity contribution is 5.94. The molecule has 0 unspecified atom stereocenters. The van der Waals surface area contributed by atoms with Crippen molar-refractivity contribution in [2.75, 3.05) is 18.4 Å². The number of alkyl halides is 3. The van der Waals surface area contributed by atoms with Crippen LogP contribution in [0.4, 0.5) is 19.0 Å². The highest BCUT2D eigenvalue weighted by Gasteiger charge is 2.50. The van der Waals surface area contributed by atoms with Gasteiger partial charge in [-0.3, -0.25) is 4.79 Å². The van der Waals surface area contributed by atoms with E-state index >= 15 is 0 Å². The molecule has 4 bridgehead atoms. The zero-order valence-electron chi connectivity index (χ0n) is 19.5. The molecule has 1 aromatic carbocycles. The fraction of sp³-hybridized carbons (Fsp3) is 0.577. The Balaban J connectivity index is 1.12. The predicted octanol–water partition coefficient (Wildman–Crippen LogP) is 5.20. The fourth-order valence-corrected chi connectivity index (χ4v) is 7.44. The van der Waals surface area contributed by atoms with Gasteiger partial charge < -0.3 is 15.0 Å². The van der Waals surface area contributed by atoms with Gasteiger partial charge in [-0.05, 0) is 92.4 Å². The van der Waals surface area contributed by atoms with E-state index in [1.807, 2.05) is 0 Å². The first-order valence-corrected chi connectivity index (χ1v) is 12.5. The Kier molecular flexibility index (Phi) is 5.41. The van der Waals surface area contributed by atoms with E-state index in [1.165, 1.54) is 50.7 Å². The molecule has 1 amide bonds. The average Bonchev–Trinajstić information content (AvgIpc) is 2.80. The lowest BCUT2D eigenvalue weighted by Gasteiger charge is -2.57. The number of carbonyl (C=O) groups excluding carboxylic acids is 1. The first-order valence-electron chi connectivity index (χ1n) is 12.5. The largest absolute Gasteiger partial charge is 0.573 e. The van der Waals surface area contributed by atoms with Crippen molar-refractivity contribution in [3.63, 3.8) is 0 Å². The van der Waals surface area contributed by atoms with Crippen molar-refractivity contribution in [2.45, 2.75) is 57.9 Å². The summed E-state index contributed by atoms with van der Waals surface area (Å²) in [5.41, 5.74) is 2.60. The lowest BCUT2D eigenvalue weighted by atomic mass is 9.49. The summed E-state index contributed by atoms with van der Waals surface area (Å²) >= 11 is 0. The second-order valence-electron chi connectivity index (χ2n) is 11.0. The number of carbonyl (C=O) groups is 1. The summed E-state index contributed by atoms with van der Waals surface area (Å²) in [5, 5.41) is 3.67. The number of nitrogens with one attached hydrogen (secondary N) is 1. The molecule has 6 nitrogen and oxygen atoms in total. The predicted molar refractivity (Wildman–Crippen MR) is 123 cm³/mol. The third-order valence-electron chi connectivity index (χ3n) is 8.42. The van der Waals surface area contributed by atoms with E-state index in [2.05, 4.69) is 20.0 Å². The van der Waals surface area contributed by atoms with Gasteiger partial charge >= 0.3 is 6.36 Å². The van der Waals surface area contributed by atoms with E-state index in [0.29, 0.717) is 30.5 Å². The summed E-state index contributed by atoms with van der Waals surface area (Å²) in [6.07, 6.45) is 5.68. The Morgan fingerprint density at radius 3 is 2.34 bits per heavy atom. The highest BCUT2D eigenvalue weighted by atomic mass is 19.4. The van der Waals surface area contributed by atoms with Gasteiger partial charge in [0.1, 0.15) is 17.9 Å². The molecule has 35 heavy (non-hydrogen) atoms. The normalized spacial score (nSPS) is 29.1. The number of rotatable bonds is 5. The molecule has 4 aliphatic carbocycles. The minimum atomic E-state index is -4.76. The van der Waals surface area contributed by atoms with Gasteiger partial charge in [-0.2, -0.15) is 0 Å². The van der Waals surface area contributed by atoms with Crippen LogP contribution in [0.15, 0.2) is 30.6 Å². The van der Waals surface area contributed by atoms with Crippen molar-refractivity contribution in [3.05, 3.63) is 47.4 Å². The topological polar surface area (TPSA) is 67.3 Å². The smallest absolute Gasteiger partial charge is 0.406 e. The molecule has 1 aliphatic heterocycles. The van der Waals surface area contributed by atoms with E-state index in [9.17, 15) is 18.0 Å². The lowest BCUT2D eigenvalue weighted by Crippen LogP contribution is -2.49. The molecule has 0 spiro atoms. The molecular weight excluding hydrogens is 457 g/mol. The molecule has 0 radical (unpaired) electrons. The van der Waals surface area contributed by atoms with Crippen LogP contribution in [0.3, 0.4) is 0 Å². The van der Waals surface area contributed by atoms with Crippen molar-refractivity contribution in [2.24, 2.45) is 23.2 Å².